The van der Waals surface area contributed by atoms with E-state index in [1.54, 1.807) is 24.3 Å². The van der Waals surface area contributed by atoms with E-state index in [1.807, 2.05) is 0 Å². The molecule has 2 aliphatic rings. The number of H-pyrrole nitrogens is 1. The number of azide groups is 1. The van der Waals surface area contributed by atoms with Gasteiger partial charge in [-0.15, -0.1) is 22.0 Å². The quantitative estimate of drug-likeness (QED) is 0.102. The van der Waals surface area contributed by atoms with Crippen LogP contribution in [0.25, 0.3) is 10.4 Å². The van der Waals surface area contributed by atoms with Crippen molar-refractivity contribution in [1.29, 1.82) is 0 Å². The summed E-state index contributed by atoms with van der Waals surface area (Å²) in [6.07, 6.45) is -0.485. The molecule has 3 heterocycles. The van der Waals surface area contributed by atoms with Gasteiger partial charge >= 0.3 is 11.9 Å². The molecule has 2 aromatic rings. The van der Waals surface area contributed by atoms with E-state index in [0.717, 1.165) is 16.7 Å². The number of aromatic amines is 1. The molecule has 15 nitrogen and oxygen atoms in total. The average Bonchev–Trinajstić information content (AvgIpc) is 3.38. The van der Waals surface area contributed by atoms with Crippen molar-refractivity contribution in [2.45, 2.75) is 41.2 Å². The molecule has 2 unspecified atom stereocenters. The monoisotopic (exact) mass is 545 g/mol. The summed E-state index contributed by atoms with van der Waals surface area (Å²) >= 11 is 2.16. The standard InChI is InChI=1S/C20H19N9O6S2/c21-26-22-7-10-4-2-1-3-9(10)5-13(30)23-15-17(33)29-16(19(34)35)11(8-36-18(15)29)12(6-14(31)32)37-20-24-27-28-25-20/h1-4,12,15,18H,5-8H2,(H,23,30)(H,31,32)(H,34,35)(H,24,25,27,28)/t12?,15?,18-/m1/s1. The van der Waals surface area contributed by atoms with E-state index in [2.05, 4.69) is 36.0 Å². The first kappa shape index (κ1) is 26.0. The van der Waals surface area contributed by atoms with Crippen LogP contribution in [0.1, 0.15) is 17.5 Å². The van der Waals surface area contributed by atoms with Crippen LogP contribution in [0.5, 0.6) is 0 Å². The summed E-state index contributed by atoms with van der Waals surface area (Å²) in [4.78, 5) is 53.2. The van der Waals surface area contributed by atoms with Crippen LogP contribution in [0.2, 0.25) is 0 Å². The van der Waals surface area contributed by atoms with Crippen LogP contribution in [0.4, 0.5) is 0 Å². The van der Waals surface area contributed by atoms with Gasteiger partial charge in [-0.05, 0) is 27.4 Å². The Bertz CT molecular complexity index is 1310. The summed E-state index contributed by atoms with van der Waals surface area (Å²) in [5.74, 6) is -3.47. The number of hydrogen-bond donors (Lipinski definition) is 4. The Labute approximate surface area is 216 Å². The van der Waals surface area contributed by atoms with Crippen LogP contribution in [0.15, 0.2) is 45.8 Å². The highest BCUT2D eigenvalue weighted by Crippen LogP contribution is 2.44. The number of amides is 2. The number of carboxylic acid groups (broad SMARTS) is 2. The second-order valence-corrected chi connectivity index (χ2v) is 10.1. The maximum Gasteiger partial charge on any atom is 0.352 e. The Morgan fingerprint density at radius 3 is 2.73 bits per heavy atom. The van der Waals surface area contributed by atoms with Crippen LogP contribution in [-0.4, -0.2) is 81.9 Å². The lowest BCUT2D eigenvalue weighted by molar-refractivity contribution is -0.150. The van der Waals surface area contributed by atoms with E-state index in [1.165, 1.54) is 11.8 Å². The number of fused-ring (bicyclic) bond motifs is 1. The fourth-order valence-corrected chi connectivity index (χ4v) is 6.53. The Morgan fingerprint density at radius 2 is 2.08 bits per heavy atom. The molecule has 1 aromatic carbocycles. The number of aromatic nitrogens is 4. The van der Waals surface area contributed by atoms with Gasteiger partial charge in [0, 0.05) is 15.9 Å². The van der Waals surface area contributed by atoms with Crippen molar-refractivity contribution in [1.82, 2.24) is 30.8 Å². The van der Waals surface area contributed by atoms with Gasteiger partial charge in [0.1, 0.15) is 17.1 Å². The molecule has 0 saturated carbocycles. The van der Waals surface area contributed by atoms with Gasteiger partial charge in [0.2, 0.25) is 11.1 Å². The fraction of sp³-hybridized carbons (Fsp3) is 0.350. The average molecular weight is 546 g/mol. The molecule has 0 spiro atoms. The van der Waals surface area contributed by atoms with E-state index >= 15 is 0 Å². The number of aliphatic carboxylic acids is 2. The van der Waals surface area contributed by atoms with Crippen LogP contribution >= 0.6 is 23.5 Å². The van der Waals surface area contributed by atoms with E-state index in [0.29, 0.717) is 11.1 Å². The molecule has 192 valence electrons. The minimum absolute atomic E-state index is 0.0623. The van der Waals surface area contributed by atoms with Crippen molar-refractivity contribution >= 4 is 47.3 Å². The number of nitrogens with one attached hydrogen (secondary N) is 2. The first-order valence-electron chi connectivity index (χ1n) is 10.7. The molecule has 1 fully saturated rings. The van der Waals surface area contributed by atoms with Crippen molar-refractivity contribution in [3.05, 3.63) is 57.1 Å². The molecule has 3 atom stereocenters. The first-order chi connectivity index (χ1) is 17.8. The van der Waals surface area contributed by atoms with Crippen LogP contribution in [0.3, 0.4) is 0 Å². The Balaban J connectivity index is 1.51. The molecule has 0 radical (unpaired) electrons. The summed E-state index contributed by atoms with van der Waals surface area (Å²) in [5, 5.41) is 37.4. The van der Waals surface area contributed by atoms with E-state index in [9.17, 15) is 29.4 Å². The van der Waals surface area contributed by atoms with Gasteiger partial charge in [-0.25, -0.2) is 4.79 Å². The third-order valence-corrected chi connectivity index (χ3v) is 8.03. The highest BCUT2D eigenvalue weighted by molar-refractivity contribution is 8.01. The van der Waals surface area contributed by atoms with Crippen molar-refractivity contribution in [2.24, 2.45) is 5.11 Å². The van der Waals surface area contributed by atoms with Crippen molar-refractivity contribution in [3.8, 4) is 0 Å². The summed E-state index contributed by atoms with van der Waals surface area (Å²) in [7, 11) is 0. The van der Waals surface area contributed by atoms with Gasteiger partial charge in [-0.2, -0.15) is 5.21 Å². The summed E-state index contributed by atoms with van der Waals surface area (Å²) < 4.78 is 0. The Morgan fingerprint density at radius 1 is 1.32 bits per heavy atom. The Kier molecular flexibility index (Phi) is 7.95. The molecule has 0 bridgehead atoms. The van der Waals surface area contributed by atoms with Crippen molar-refractivity contribution in [2.75, 3.05) is 5.75 Å². The number of carbonyl (C=O) groups is 4. The summed E-state index contributed by atoms with van der Waals surface area (Å²) in [5.41, 5.74) is 9.82. The van der Waals surface area contributed by atoms with E-state index in [-0.39, 0.29) is 35.1 Å². The SMILES string of the molecule is [N-]=[N+]=NCc1ccccc1CC(=O)NC1C(=O)N2C(C(=O)O)=C(C(CC(=O)O)Sc3nn[nH]n3)CS[C@H]12. The number of hydrogen-bond acceptors (Lipinski definition) is 10. The first-order valence-corrected chi connectivity index (χ1v) is 12.6. The lowest BCUT2D eigenvalue weighted by Gasteiger charge is -2.50. The minimum atomic E-state index is -1.38. The number of benzene rings is 1. The van der Waals surface area contributed by atoms with Gasteiger partial charge < -0.3 is 15.5 Å². The maximum absolute atomic E-state index is 13.0. The zero-order valence-electron chi connectivity index (χ0n) is 18.8. The molecular weight excluding hydrogens is 526 g/mol. The van der Waals surface area contributed by atoms with E-state index in [4.69, 9.17) is 5.53 Å². The largest absolute Gasteiger partial charge is 0.481 e. The molecule has 1 aromatic heterocycles. The number of nitrogens with zero attached hydrogens (tertiary/aromatic N) is 7. The molecule has 4 rings (SSSR count). The van der Waals surface area contributed by atoms with Crippen LogP contribution < -0.4 is 5.32 Å². The molecule has 0 aliphatic carbocycles. The molecule has 2 amide bonds. The minimum Gasteiger partial charge on any atom is -0.481 e. The van der Waals surface area contributed by atoms with E-state index < -0.39 is 46.8 Å². The number of carbonyl (C=O) groups excluding carboxylic acids is 2. The molecular formula is C20H19N9O6S2. The van der Waals surface area contributed by atoms with Crippen molar-refractivity contribution in [3.63, 3.8) is 0 Å². The fourth-order valence-electron chi connectivity index (χ4n) is 4.00. The van der Waals surface area contributed by atoms with Crippen molar-refractivity contribution < 1.29 is 29.4 Å². The highest BCUT2D eigenvalue weighted by atomic mass is 32.2. The molecule has 1 saturated heterocycles. The lowest BCUT2D eigenvalue weighted by atomic mass is 9.99. The third-order valence-electron chi connectivity index (χ3n) is 5.61. The zero-order chi connectivity index (χ0) is 26.5. The second-order valence-electron chi connectivity index (χ2n) is 7.87. The number of β-lactam (4-membered cyclic amide) rings is 1. The van der Waals surface area contributed by atoms with Gasteiger partial charge in [-0.3, -0.25) is 19.3 Å². The number of tetrazole rings is 1. The van der Waals surface area contributed by atoms with Gasteiger partial charge in [0.05, 0.1) is 19.4 Å². The van der Waals surface area contributed by atoms with Gasteiger partial charge in [-0.1, -0.05) is 41.1 Å². The smallest absolute Gasteiger partial charge is 0.352 e. The van der Waals surface area contributed by atoms with Crippen LogP contribution in [0, 0.1) is 0 Å². The van der Waals surface area contributed by atoms with Gasteiger partial charge in [0.15, 0.2) is 0 Å². The predicted octanol–water partition coefficient (Wildman–Crippen LogP) is 0.927. The molecule has 37 heavy (non-hydrogen) atoms. The Hall–Kier alpha value is -4.08. The third kappa shape index (κ3) is 5.68. The summed E-state index contributed by atoms with van der Waals surface area (Å²) in [6.45, 7) is 0.0729. The molecule has 4 N–H and O–H groups in total. The number of thioether (sulfide) groups is 2. The maximum atomic E-state index is 13.0. The molecule has 17 heteroatoms. The van der Waals surface area contributed by atoms with Gasteiger partial charge in [0.25, 0.3) is 5.91 Å². The normalized spacial score (nSPS) is 19.4. The highest BCUT2D eigenvalue weighted by Gasteiger charge is 2.55. The number of carboxylic acids is 2. The van der Waals surface area contributed by atoms with Crippen LogP contribution in [-0.2, 0) is 32.1 Å². The summed E-state index contributed by atoms with van der Waals surface area (Å²) in [6, 6.07) is 5.99. The predicted molar refractivity (Wildman–Crippen MR) is 129 cm³/mol. The second kappa shape index (κ2) is 11.3. The molecule has 2 aliphatic heterocycles. The zero-order valence-corrected chi connectivity index (χ0v) is 20.5. The lowest BCUT2D eigenvalue weighted by Crippen LogP contribution is -2.70. The number of rotatable bonds is 11. The topological polar surface area (TPSA) is 227 Å².